The number of carbonyl (C=O) groups excluding carboxylic acids is 2. The third-order valence-electron chi connectivity index (χ3n) is 6.30. The molecule has 0 bridgehead atoms. The Labute approximate surface area is 229 Å². The Morgan fingerprint density at radius 1 is 0.732 bits per heavy atom. The molecule has 0 unspecified atom stereocenters. The molecule has 0 saturated heterocycles. The summed E-state index contributed by atoms with van der Waals surface area (Å²) >= 11 is 0. The van der Waals surface area contributed by atoms with Crippen molar-refractivity contribution in [1.82, 2.24) is 5.32 Å². The van der Waals surface area contributed by atoms with Gasteiger partial charge in [0.2, 0.25) is 0 Å². The number of allylic oxidation sites excluding steroid dienone is 2. The van der Waals surface area contributed by atoms with Crippen LogP contribution in [0.25, 0.3) is 0 Å². The highest BCUT2D eigenvalue weighted by Gasteiger charge is 2.37. The summed E-state index contributed by atoms with van der Waals surface area (Å²) < 4.78 is 88.4. The first-order valence-corrected chi connectivity index (χ1v) is 11.8. The lowest BCUT2D eigenvalue weighted by molar-refractivity contribution is -0.113. The summed E-state index contributed by atoms with van der Waals surface area (Å²) in [5, 5.41) is 17.2. The summed E-state index contributed by atoms with van der Waals surface area (Å²) in [5.41, 5.74) is -1.29. The Balaban J connectivity index is 1.83. The molecule has 2 amide bonds. The van der Waals surface area contributed by atoms with Crippen LogP contribution < -0.4 is 20.7 Å². The zero-order valence-electron chi connectivity index (χ0n) is 21.6. The lowest BCUT2D eigenvalue weighted by Gasteiger charge is -2.31. The average Bonchev–Trinajstić information content (AvgIpc) is 2.90. The molecule has 0 aliphatic carbocycles. The Bertz CT molecular complexity index is 1560. The molecule has 13 heteroatoms. The number of amides is 2. The number of phenolic OH excluding ortho intramolecular Hbond substituents is 1. The number of aromatic hydroxyl groups is 1. The fourth-order valence-electron chi connectivity index (χ4n) is 4.42. The second-order valence-electron chi connectivity index (χ2n) is 8.97. The quantitative estimate of drug-likeness (QED) is 0.221. The van der Waals surface area contributed by atoms with Crippen LogP contribution in [0.4, 0.5) is 37.7 Å². The molecule has 3 aromatic rings. The lowest BCUT2D eigenvalue weighted by atomic mass is 9.79. The van der Waals surface area contributed by atoms with Gasteiger partial charge in [0.1, 0.15) is 11.6 Å². The zero-order chi connectivity index (χ0) is 30.2. The molecule has 0 spiro atoms. The van der Waals surface area contributed by atoms with Gasteiger partial charge in [0, 0.05) is 52.7 Å². The van der Waals surface area contributed by atoms with Crippen LogP contribution in [0.3, 0.4) is 0 Å². The number of dihydropyridines is 1. The van der Waals surface area contributed by atoms with E-state index >= 15 is 0 Å². The zero-order valence-corrected chi connectivity index (χ0v) is 21.6. The average molecular weight is 577 g/mol. The number of anilines is 2. The minimum atomic E-state index is -1.48. The van der Waals surface area contributed by atoms with Crippen LogP contribution in [-0.4, -0.2) is 24.0 Å². The molecule has 214 valence electrons. The van der Waals surface area contributed by atoms with Crippen molar-refractivity contribution in [2.24, 2.45) is 0 Å². The summed E-state index contributed by atoms with van der Waals surface area (Å²) in [7, 11) is 1.25. The second-order valence-corrected chi connectivity index (χ2v) is 8.97. The fourth-order valence-corrected chi connectivity index (χ4v) is 4.42. The van der Waals surface area contributed by atoms with Crippen LogP contribution in [0.15, 0.2) is 65.0 Å². The van der Waals surface area contributed by atoms with Gasteiger partial charge in [-0.25, -0.2) is 26.3 Å². The first-order valence-electron chi connectivity index (χ1n) is 11.8. The monoisotopic (exact) mass is 577 g/mol. The minimum Gasteiger partial charge on any atom is -0.504 e. The van der Waals surface area contributed by atoms with Crippen molar-refractivity contribution in [2.75, 3.05) is 17.7 Å². The van der Waals surface area contributed by atoms with Crippen LogP contribution in [-0.2, 0) is 9.59 Å². The van der Waals surface area contributed by atoms with Crippen molar-refractivity contribution in [2.45, 2.75) is 19.8 Å². The van der Waals surface area contributed by atoms with Crippen molar-refractivity contribution < 1.29 is 45.8 Å². The van der Waals surface area contributed by atoms with Crippen molar-refractivity contribution >= 4 is 23.2 Å². The van der Waals surface area contributed by atoms with Crippen molar-refractivity contribution in [3.05, 3.63) is 105 Å². The molecule has 0 fully saturated rings. The number of hydrogen-bond acceptors (Lipinski definition) is 5. The molecule has 7 nitrogen and oxygen atoms in total. The van der Waals surface area contributed by atoms with Crippen LogP contribution in [0.1, 0.15) is 25.3 Å². The van der Waals surface area contributed by atoms with E-state index in [1.165, 1.54) is 39.2 Å². The lowest BCUT2D eigenvalue weighted by Crippen LogP contribution is -2.35. The molecule has 0 radical (unpaired) electrons. The molecule has 0 saturated carbocycles. The second kappa shape index (κ2) is 11.3. The molecule has 1 aliphatic rings. The first kappa shape index (κ1) is 29.1. The highest BCUT2D eigenvalue weighted by atomic mass is 19.2. The van der Waals surface area contributed by atoms with E-state index in [0.717, 1.165) is 0 Å². The molecule has 4 rings (SSSR count). The van der Waals surface area contributed by atoms with Gasteiger partial charge in [-0.15, -0.1) is 0 Å². The molecule has 3 aromatic carbocycles. The number of carbonyl (C=O) groups is 2. The van der Waals surface area contributed by atoms with E-state index in [1.54, 1.807) is 0 Å². The Kier molecular flexibility index (Phi) is 7.99. The summed E-state index contributed by atoms with van der Waals surface area (Å²) in [5.74, 6) is -12.1. The van der Waals surface area contributed by atoms with E-state index in [0.29, 0.717) is 12.1 Å². The largest absolute Gasteiger partial charge is 0.504 e. The van der Waals surface area contributed by atoms with E-state index in [9.17, 15) is 41.0 Å². The predicted molar refractivity (Wildman–Crippen MR) is 136 cm³/mol. The molecule has 1 aliphatic heterocycles. The fraction of sp³-hybridized carbons (Fsp3) is 0.143. The number of methoxy groups -OCH3 is 1. The smallest absolute Gasteiger partial charge is 0.254 e. The van der Waals surface area contributed by atoms with Crippen molar-refractivity contribution in [3.63, 3.8) is 0 Å². The van der Waals surface area contributed by atoms with Gasteiger partial charge in [0.15, 0.2) is 34.8 Å². The Morgan fingerprint density at radius 2 is 1.17 bits per heavy atom. The van der Waals surface area contributed by atoms with E-state index in [4.69, 9.17) is 4.74 Å². The number of halogens is 6. The number of nitrogens with one attached hydrogen (secondary N) is 3. The van der Waals surface area contributed by atoms with Crippen LogP contribution in [0.2, 0.25) is 0 Å². The molecular formula is C28H21F6N3O4. The van der Waals surface area contributed by atoms with Gasteiger partial charge in [0.05, 0.1) is 18.5 Å². The third-order valence-corrected chi connectivity index (χ3v) is 6.30. The van der Waals surface area contributed by atoms with Crippen molar-refractivity contribution in [3.8, 4) is 11.5 Å². The first-order chi connectivity index (χ1) is 19.3. The number of benzene rings is 3. The van der Waals surface area contributed by atoms with E-state index in [2.05, 4.69) is 16.0 Å². The Hall–Kier alpha value is -4.94. The summed E-state index contributed by atoms with van der Waals surface area (Å²) in [6.07, 6.45) is 0. The minimum absolute atomic E-state index is 0.0471. The van der Waals surface area contributed by atoms with Gasteiger partial charge in [0.25, 0.3) is 11.8 Å². The maximum Gasteiger partial charge on any atom is 0.254 e. The summed E-state index contributed by atoms with van der Waals surface area (Å²) in [6, 6.07) is 5.24. The third kappa shape index (κ3) is 5.69. The number of rotatable bonds is 6. The maximum atomic E-state index is 14.4. The molecule has 41 heavy (non-hydrogen) atoms. The van der Waals surface area contributed by atoms with Crippen LogP contribution in [0, 0.1) is 34.9 Å². The molecule has 4 N–H and O–H groups in total. The van der Waals surface area contributed by atoms with Gasteiger partial charge in [-0.1, -0.05) is 6.07 Å². The van der Waals surface area contributed by atoms with Crippen molar-refractivity contribution in [1.29, 1.82) is 0 Å². The molecule has 0 atom stereocenters. The van der Waals surface area contributed by atoms with Gasteiger partial charge >= 0.3 is 0 Å². The van der Waals surface area contributed by atoms with Gasteiger partial charge in [-0.3, -0.25) is 9.59 Å². The normalized spacial score (nSPS) is 13.7. The molecule has 0 aromatic heterocycles. The summed E-state index contributed by atoms with van der Waals surface area (Å²) in [6.45, 7) is 2.91. The van der Waals surface area contributed by atoms with E-state index in [1.807, 2.05) is 0 Å². The molecular weight excluding hydrogens is 556 g/mol. The van der Waals surface area contributed by atoms with Crippen LogP contribution in [0.5, 0.6) is 11.5 Å². The van der Waals surface area contributed by atoms with Gasteiger partial charge in [-0.05, 0) is 31.5 Å². The Morgan fingerprint density at radius 3 is 1.61 bits per heavy atom. The van der Waals surface area contributed by atoms with Gasteiger partial charge in [-0.2, -0.15) is 0 Å². The number of ether oxygens (including phenoxy) is 1. The highest BCUT2D eigenvalue weighted by Crippen LogP contribution is 2.42. The number of hydrogen-bond donors (Lipinski definition) is 4. The van der Waals surface area contributed by atoms with Gasteiger partial charge < -0.3 is 25.8 Å². The summed E-state index contributed by atoms with van der Waals surface area (Å²) in [4.78, 5) is 27.0. The maximum absolute atomic E-state index is 14.4. The topological polar surface area (TPSA) is 99.7 Å². The van der Waals surface area contributed by atoms with E-state index in [-0.39, 0.29) is 51.7 Å². The SMILES string of the molecule is COc1cc(C2C(C(=O)Nc3cc(F)c(F)cc3F)=C(C)NC(C)=C2C(=O)Nc2cc(F)c(F)cc2F)ccc1O. The van der Waals surface area contributed by atoms with Crippen LogP contribution >= 0.6 is 0 Å². The number of phenols is 1. The standard InChI is InChI=1S/C28H21F6N3O4/c1-11-24(27(39)36-20-9-16(31)14(29)7-18(20)33)26(13-4-5-22(38)23(6-13)41-3)25(12(2)35-11)28(40)37-21-10-17(32)15(30)8-19(21)34/h4-10,26,35,38H,1-3H3,(H,36,39)(H,37,40). The molecule has 1 heterocycles. The highest BCUT2D eigenvalue weighted by molar-refractivity contribution is 6.12. The van der Waals surface area contributed by atoms with E-state index < -0.39 is 64.0 Å². The predicted octanol–water partition coefficient (Wildman–Crippen LogP) is 5.75.